The highest BCUT2D eigenvalue weighted by Gasteiger charge is 2.72. The molecule has 4 N–H and O–H groups in total. The van der Waals surface area contributed by atoms with Crippen LogP contribution in [0.3, 0.4) is 0 Å². The largest absolute Gasteiger partial charge is 0.481 e. The molecule has 10 nitrogen and oxygen atoms in total. The van der Waals surface area contributed by atoms with Gasteiger partial charge in [0.2, 0.25) is 0 Å². The number of anilines is 1. The zero-order chi connectivity index (χ0) is 36.9. The lowest BCUT2D eigenvalue weighted by Gasteiger charge is -2.71. The Morgan fingerprint density at radius 2 is 1.82 bits per heavy atom. The van der Waals surface area contributed by atoms with Crippen LogP contribution < -0.4 is 11.1 Å². The molecule has 10 heteroatoms. The highest BCUT2D eigenvalue weighted by Crippen LogP contribution is 2.75. The minimum Gasteiger partial charge on any atom is -0.481 e. The van der Waals surface area contributed by atoms with Gasteiger partial charge in [0.05, 0.1) is 31.8 Å². The quantitative estimate of drug-likeness (QED) is 0.229. The van der Waals surface area contributed by atoms with E-state index >= 15 is 0 Å². The van der Waals surface area contributed by atoms with Crippen LogP contribution in [0.25, 0.3) is 0 Å². The predicted octanol–water partition coefficient (Wildman–Crippen LogP) is 7.18. The van der Waals surface area contributed by atoms with Crippen molar-refractivity contribution in [2.24, 2.45) is 62.1 Å². The Kier molecular flexibility index (Phi) is 9.24. The lowest BCUT2D eigenvalue weighted by atomic mass is 9.34. The van der Waals surface area contributed by atoms with Gasteiger partial charge < -0.3 is 25.6 Å². The Morgan fingerprint density at radius 3 is 2.40 bits per heavy atom. The third-order valence-electron chi connectivity index (χ3n) is 16.6. The molecule has 4 aliphatic carbocycles. The molecule has 0 spiro atoms. The molecule has 1 aromatic heterocycles. The Morgan fingerprint density at radius 1 is 1.12 bits per heavy atom. The molecule has 1 saturated heterocycles. The molecule has 1 aliphatic heterocycles. The first kappa shape index (κ1) is 37.7. The summed E-state index contributed by atoms with van der Waals surface area (Å²) in [5.74, 6) is 0.496. The first-order valence-corrected chi connectivity index (χ1v) is 19.6. The number of allylic oxidation sites excluding steroid dienone is 1. The van der Waals surface area contributed by atoms with E-state index < -0.39 is 11.9 Å². The standard InChI is InChI=1S/C40H68N6O4/c1-13-42-39(12,34(5,6)7)22-50-31-28(46-44-33(41)43-45-46)20-40-23-49-21-36(31,9)29(40)15-14-26-27(40)16-17-38(11)30(32(47)48)35(8,25(4)24(2)3)18-19-37(26,38)10/h16,24-26,28-31,42H,13-15,17-23H2,1-12H3,(H2,41,44)(H,47,48)/t25-,26+,28-,29+,30-,31+,35-,36?,37-,38+,39+,40+/m1/s1. The molecule has 4 fully saturated rings. The zero-order valence-corrected chi connectivity index (χ0v) is 33.2. The summed E-state index contributed by atoms with van der Waals surface area (Å²) in [6.07, 6.45) is 7.93. The van der Waals surface area contributed by atoms with Crippen LogP contribution >= 0.6 is 0 Å². The Balaban J connectivity index is 1.44. The Labute approximate surface area is 301 Å². The summed E-state index contributed by atoms with van der Waals surface area (Å²) in [5, 5.41) is 28.1. The minimum atomic E-state index is -0.627. The van der Waals surface area contributed by atoms with Crippen molar-refractivity contribution in [3.63, 3.8) is 0 Å². The highest BCUT2D eigenvalue weighted by atomic mass is 16.5. The molecule has 0 aromatic carbocycles. The van der Waals surface area contributed by atoms with Crippen LogP contribution in [0.4, 0.5) is 5.95 Å². The molecule has 2 bridgehead atoms. The smallest absolute Gasteiger partial charge is 0.307 e. The second-order valence-corrected chi connectivity index (χ2v) is 19.9. The lowest BCUT2D eigenvalue weighted by molar-refractivity contribution is -0.255. The predicted molar refractivity (Wildman–Crippen MR) is 196 cm³/mol. The maximum Gasteiger partial charge on any atom is 0.307 e. The molecule has 3 saturated carbocycles. The molecule has 1 aromatic rings. The van der Waals surface area contributed by atoms with Crippen LogP contribution in [0.1, 0.15) is 128 Å². The first-order chi connectivity index (χ1) is 23.1. The van der Waals surface area contributed by atoms with Crippen molar-refractivity contribution in [3.05, 3.63) is 11.6 Å². The number of hydrogen-bond donors (Lipinski definition) is 3. The van der Waals surface area contributed by atoms with Crippen LogP contribution in [0.15, 0.2) is 11.6 Å². The molecule has 282 valence electrons. The van der Waals surface area contributed by atoms with Gasteiger partial charge in [-0.1, -0.05) is 92.9 Å². The molecule has 0 amide bonds. The van der Waals surface area contributed by atoms with Crippen LogP contribution in [-0.4, -0.2) is 69.3 Å². The number of aromatic nitrogens is 4. The summed E-state index contributed by atoms with van der Waals surface area (Å²) < 4.78 is 13.9. The Hall–Kier alpha value is -2.04. The summed E-state index contributed by atoms with van der Waals surface area (Å²) in [6, 6.07) is -0.176. The maximum absolute atomic E-state index is 13.5. The van der Waals surface area contributed by atoms with E-state index in [-0.39, 0.29) is 62.0 Å². The first-order valence-electron chi connectivity index (χ1n) is 19.6. The fourth-order valence-electron chi connectivity index (χ4n) is 12.7. The Bertz CT molecular complexity index is 1490. The van der Waals surface area contributed by atoms with Crippen molar-refractivity contribution in [1.29, 1.82) is 0 Å². The molecule has 6 rings (SSSR count). The number of carboxylic acid groups (broad SMARTS) is 1. The van der Waals surface area contributed by atoms with E-state index in [4.69, 9.17) is 15.2 Å². The summed E-state index contributed by atoms with van der Waals surface area (Å²) >= 11 is 0. The number of rotatable bonds is 9. The average Bonchev–Trinajstić information content (AvgIpc) is 3.45. The summed E-state index contributed by atoms with van der Waals surface area (Å²) in [4.78, 5) is 15.2. The van der Waals surface area contributed by atoms with Gasteiger partial charge >= 0.3 is 5.97 Å². The molecule has 12 atom stereocenters. The van der Waals surface area contributed by atoms with Gasteiger partial charge in [0.15, 0.2) is 0 Å². The number of carboxylic acids is 1. The highest BCUT2D eigenvalue weighted by molar-refractivity contribution is 5.73. The number of nitrogens with one attached hydrogen (secondary N) is 1. The number of hydrogen-bond acceptors (Lipinski definition) is 8. The second-order valence-electron chi connectivity index (χ2n) is 19.9. The van der Waals surface area contributed by atoms with Gasteiger partial charge in [-0.05, 0) is 103 Å². The van der Waals surface area contributed by atoms with E-state index in [1.165, 1.54) is 5.57 Å². The fraction of sp³-hybridized carbons (Fsp3) is 0.900. The third kappa shape index (κ3) is 5.18. The molecule has 1 unspecified atom stereocenters. The molecule has 5 aliphatic rings. The van der Waals surface area contributed by atoms with Crippen molar-refractivity contribution < 1.29 is 19.4 Å². The summed E-state index contributed by atoms with van der Waals surface area (Å²) in [5.41, 5.74) is 6.00. The van der Waals surface area contributed by atoms with Gasteiger partial charge in [-0.25, -0.2) is 0 Å². The minimum absolute atomic E-state index is 0.0409. The number of ether oxygens (including phenoxy) is 2. The van der Waals surface area contributed by atoms with E-state index in [9.17, 15) is 9.90 Å². The van der Waals surface area contributed by atoms with Crippen LogP contribution in [0, 0.1) is 62.1 Å². The van der Waals surface area contributed by atoms with Gasteiger partial charge in [-0.3, -0.25) is 4.79 Å². The fourth-order valence-corrected chi connectivity index (χ4v) is 12.7. The SMILES string of the molecule is CCN[C@@](C)(CO[C@H]1[C@H](n2nnc(N)n2)C[C@@]23COCC1(C)[C@@H]2CC[C@H]1C3=CC[C@@]2(C)[C@H](C(=O)O)[C@@](C)([C@H](C)C(C)C)CC[C@]12C)C(C)(C)C. The zero-order valence-electron chi connectivity index (χ0n) is 33.2. The maximum atomic E-state index is 13.5. The number of tetrazole rings is 1. The van der Waals surface area contributed by atoms with Gasteiger partial charge in [-0.2, -0.15) is 4.80 Å². The van der Waals surface area contributed by atoms with Gasteiger partial charge in [0.25, 0.3) is 5.95 Å². The average molecular weight is 697 g/mol. The van der Waals surface area contributed by atoms with Crippen molar-refractivity contribution >= 4 is 11.9 Å². The van der Waals surface area contributed by atoms with Crippen LogP contribution in [0.5, 0.6) is 0 Å². The van der Waals surface area contributed by atoms with Crippen molar-refractivity contribution in [2.75, 3.05) is 32.1 Å². The topological polar surface area (TPSA) is 137 Å². The number of fused-ring (bicyclic) bond motifs is 3. The van der Waals surface area contributed by atoms with Gasteiger partial charge in [-0.15, -0.1) is 5.10 Å². The normalized spacial score (nSPS) is 43.2. The molecule has 50 heavy (non-hydrogen) atoms. The van der Waals surface area contributed by atoms with E-state index in [1.807, 2.05) is 0 Å². The van der Waals surface area contributed by atoms with Crippen LogP contribution in [-0.2, 0) is 14.3 Å². The summed E-state index contributed by atoms with van der Waals surface area (Å²) in [7, 11) is 0. The second kappa shape index (κ2) is 12.3. The molecular weight excluding hydrogens is 628 g/mol. The van der Waals surface area contributed by atoms with E-state index in [0.29, 0.717) is 37.6 Å². The number of likely N-dealkylation sites (N-methyl/N-ethyl adjacent to an activating group) is 1. The van der Waals surface area contributed by atoms with E-state index in [1.54, 1.807) is 4.80 Å². The van der Waals surface area contributed by atoms with Crippen LogP contribution in [0.2, 0.25) is 0 Å². The van der Waals surface area contributed by atoms with Crippen molar-refractivity contribution in [2.45, 2.75) is 139 Å². The number of carbonyl (C=O) groups is 1. The van der Waals surface area contributed by atoms with Crippen molar-refractivity contribution in [3.8, 4) is 0 Å². The molecular formula is C40H68N6O4. The van der Waals surface area contributed by atoms with Gasteiger partial charge in [0, 0.05) is 16.4 Å². The number of nitrogens with zero attached hydrogens (tertiary/aromatic N) is 4. The number of aliphatic carboxylic acids is 1. The monoisotopic (exact) mass is 697 g/mol. The summed E-state index contributed by atoms with van der Waals surface area (Å²) in [6.45, 7) is 30.1. The lowest BCUT2D eigenvalue weighted by Crippen LogP contribution is -2.69. The van der Waals surface area contributed by atoms with Crippen molar-refractivity contribution in [1.82, 2.24) is 25.5 Å². The number of nitrogen functional groups attached to an aromatic ring is 1. The number of nitrogens with two attached hydrogens (primary N) is 1. The molecule has 0 radical (unpaired) electrons. The van der Waals surface area contributed by atoms with Gasteiger partial charge in [0.1, 0.15) is 6.04 Å². The van der Waals surface area contributed by atoms with E-state index in [0.717, 1.165) is 45.1 Å². The molecule has 2 heterocycles. The third-order valence-corrected chi connectivity index (χ3v) is 16.6. The van der Waals surface area contributed by atoms with E-state index in [2.05, 4.69) is 110 Å².